The van der Waals surface area contributed by atoms with Gasteiger partial charge in [0, 0.05) is 12.1 Å². The third-order valence-corrected chi connectivity index (χ3v) is 4.77. The van der Waals surface area contributed by atoms with Gasteiger partial charge in [-0.05, 0) is 15.9 Å². The molecule has 0 aliphatic carbocycles. The van der Waals surface area contributed by atoms with Crippen molar-refractivity contribution in [2.24, 2.45) is 0 Å². The zero-order chi connectivity index (χ0) is 15.5. The highest BCUT2D eigenvalue weighted by Crippen LogP contribution is 2.26. The lowest BCUT2D eigenvalue weighted by Gasteiger charge is -2.04. The molecule has 2 rings (SSSR count). The van der Waals surface area contributed by atoms with E-state index in [0.29, 0.717) is 12.3 Å². The number of sulfonamides is 1. The van der Waals surface area contributed by atoms with Gasteiger partial charge in [-0.25, -0.2) is 13.1 Å². The van der Waals surface area contributed by atoms with Crippen LogP contribution in [0.3, 0.4) is 0 Å². The minimum absolute atomic E-state index is 0.0338. The maximum atomic E-state index is 12.2. The Kier molecular flexibility index (Phi) is 5.14. The van der Waals surface area contributed by atoms with Crippen LogP contribution in [0, 0.1) is 0 Å². The molecule has 0 saturated carbocycles. The van der Waals surface area contributed by atoms with E-state index < -0.39 is 10.0 Å². The van der Waals surface area contributed by atoms with Gasteiger partial charge in [0.1, 0.15) is 10.7 Å². The largest absolute Gasteiger partial charge is 0.452 e. The number of furan rings is 1. The molecule has 0 bridgehead atoms. The molecule has 0 amide bonds. The Morgan fingerprint density at radius 1 is 1.38 bits per heavy atom. The van der Waals surface area contributed by atoms with Gasteiger partial charge in [-0.3, -0.25) is 0 Å². The minimum Gasteiger partial charge on any atom is -0.452 e. The second-order valence-electron chi connectivity index (χ2n) is 4.56. The summed E-state index contributed by atoms with van der Waals surface area (Å²) < 4.78 is 36.8. The van der Waals surface area contributed by atoms with Crippen molar-refractivity contribution in [2.45, 2.75) is 37.9 Å². The standard InChI is InChI=1S/C11H15BrN4O4S/c1-7(2)13-4-8-3-9(11(12)20-8)21(17,18)15-5-10-14-6-19-16-10/h3,6-7,13,15H,4-5H2,1-2H3. The summed E-state index contributed by atoms with van der Waals surface area (Å²) in [6.45, 7) is 4.36. The molecule has 0 saturated heterocycles. The monoisotopic (exact) mass is 378 g/mol. The van der Waals surface area contributed by atoms with Crippen LogP contribution >= 0.6 is 15.9 Å². The van der Waals surface area contributed by atoms with Crippen LogP contribution in [0.4, 0.5) is 0 Å². The fourth-order valence-corrected chi connectivity index (χ4v) is 3.46. The van der Waals surface area contributed by atoms with E-state index in [-0.39, 0.29) is 28.0 Å². The number of nitrogens with one attached hydrogen (secondary N) is 2. The van der Waals surface area contributed by atoms with Crippen LogP contribution in [-0.2, 0) is 23.1 Å². The molecular weight excluding hydrogens is 364 g/mol. The van der Waals surface area contributed by atoms with Crippen LogP contribution in [0.5, 0.6) is 0 Å². The van der Waals surface area contributed by atoms with Gasteiger partial charge in [0.25, 0.3) is 0 Å². The summed E-state index contributed by atoms with van der Waals surface area (Å²) in [6, 6.07) is 1.74. The number of halogens is 1. The van der Waals surface area contributed by atoms with Crippen molar-refractivity contribution in [3.8, 4) is 0 Å². The van der Waals surface area contributed by atoms with E-state index >= 15 is 0 Å². The topological polar surface area (TPSA) is 110 Å². The van der Waals surface area contributed by atoms with Gasteiger partial charge in [0.2, 0.25) is 16.4 Å². The predicted octanol–water partition coefficient (Wildman–Crippen LogP) is 1.40. The smallest absolute Gasteiger partial charge is 0.245 e. The Balaban J connectivity index is 2.08. The average Bonchev–Trinajstić information content (AvgIpc) is 3.03. The van der Waals surface area contributed by atoms with Crippen molar-refractivity contribution in [1.82, 2.24) is 20.2 Å². The molecule has 21 heavy (non-hydrogen) atoms. The molecule has 2 aromatic heterocycles. The fourth-order valence-electron chi connectivity index (χ4n) is 1.48. The zero-order valence-electron chi connectivity index (χ0n) is 11.5. The summed E-state index contributed by atoms with van der Waals surface area (Å²) in [5.74, 6) is 0.774. The van der Waals surface area contributed by atoms with Crippen molar-refractivity contribution in [1.29, 1.82) is 0 Å². The molecule has 8 nitrogen and oxygen atoms in total. The summed E-state index contributed by atoms with van der Waals surface area (Å²) in [4.78, 5) is 3.77. The van der Waals surface area contributed by atoms with Gasteiger partial charge in [0.15, 0.2) is 10.5 Å². The van der Waals surface area contributed by atoms with Crippen LogP contribution in [-0.4, -0.2) is 24.6 Å². The Labute approximate surface area is 130 Å². The first-order valence-electron chi connectivity index (χ1n) is 6.15. The lowest BCUT2D eigenvalue weighted by Crippen LogP contribution is -2.24. The quantitative estimate of drug-likeness (QED) is 0.748. The average molecular weight is 379 g/mol. The van der Waals surface area contributed by atoms with Gasteiger partial charge in [-0.2, -0.15) is 4.98 Å². The number of nitrogens with zero attached hydrogens (tertiary/aromatic N) is 2. The summed E-state index contributed by atoms with van der Waals surface area (Å²) in [6.07, 6.45) is 1.13. The molecule has 0 aliphatic heterocycles. The summed E-state index contributed by atoms with van der Waals surface area (Å²) in [5.41, 5.74) is 0. The Morgan fingerprint density at radius 3 is 2.76 bits per heavy atom. The molecule has 0 aromatic carbocycles. The van der Waals surface area contributed by atoms with Gasteiger partial charge < -0.3 is 14.3 Å². The van der Waals surface area contributed by atoms with Gasteiger partial charge >= 0.3 is 0 Å². The van der Waals surface area contributed by atoms with Crippen LogP contribution in [0.25, 0.3) is 0 Å². The molecule has 0 unspecified atom stereocenters. The molecule has 0 fully saturated rings. The summed E-state index contributed by atoms with van der Waals surface area (Å²) >= 11 is 3.12. The lowest BCUT2D eigenvalue weighted by atomic mass is 10.3. The highest BCUT2D eigenvalue weighted by molar-refractivity contribution is 9.10. The van der Waals surface area contributed by atoms with Gasteiger partial charge in [-0.15, -0.1) is 0 Å². The maximum absolute atomic E-state index is 12.2. The normalized spacial score (nSPS) is 12.2. The molecule has 2 N–H and O–H groups in total. The van der Waals surface area contributed by atoms with Crippen LogP contribution in [0.1, 0.15) is 25.4 Å². The minimum atomic E-state index is -3.72. The van der Waals surface area contributed by atoms with Crippen LogP contribution in [0.2, 0.25) is 0 Å². The molecule has 0 radical (unpaired) electrons. The fraction of sp³-hybridized carbons (Fsp3) is 0.455. The second kappa shape index (κ2) is 6.69. The van der Waals surface area contributed by atoms with Crippen molar-refractivity contribution in [3.63, 3.8) is 0 Å². The van der Waals surface area contributed by atoms with Crippen molar-refractivity contribution >= 4 is 26.0 Å². The molecule has 2 aromatic rings. The Bertz CT molecular complexity index is 681. The van der Waals surface area contributed by atoms with Crippen molar-refractivity contribution < 1.29 is 17.4 Å². The van der Waals surface area contributed by atoms with E-state index in [1.807, 2.05) is 13.8 Å². The molecule has 2 heterocycles. The number of rotatable bonds is 7. The summed E-state index contributed by atoms with van der Waals surface area (Å²) in [7, 11) is -3.72. The second-order valence-corrected chi connectivity index (χ2v) is 7.01. The van der Waals surface area contributed by atoms with E-state index in [1.165, 1.54) is 6.07 Å². The van der Waals surface area contributed by atoms with E-state index in [2.05, 4.69) is 40.6 Å². The lowest BCUT2D eigenvalue weighted by molar-refractivity contribution is 0.409. The maximum Gasteiger partial charge on any atom is 0.245 e. The number of hydrogen-bond donors (Lipinski definition) is 2. The van der Waals surface area contributed by atoms with Crippen LogP contribution in [0.15, 0.2) is 31.0 Å². The van der Waals surface area contributed by atoms with Crippen molar-refractivity contribution in [3.05, 3.63) is 28.7 Å². The third kappa shape index (κ3) is 4.37. The van der Waals surface area contributed by atoms with E-state index in [9.17, 15) is 8.42 Å². The Morgan fingerprint density at radius 2 is 2.14 bits per heavy atom. The van der Waals surface area contributed by atoms with E-state index in [4.69, 9.17) is 4.42 Å². The first-order valence-corrected chi connectivity index (χ1v) is 8.42. The molecule has 0 atom stereocenters. The molecule has 0 spiro atoms. The molecular formula is C11H15BrN4O4S. The zero-order valence-corrected chi connectivity index (χ0v) is 13.9. The van der Waals surface area contributed by atoms with E-state index in [1.54, 1.807) is 0 Å². The van der Waals surface area contributed by atoms with Crippen molar-refractivity contribution in [2.75, 3.05) is 0 Å². The third-order valence-electron chi connectivity index (χ3n) is 2.51. The number of hydrogen-bond acceptors (Lipinski definition) is 7. The molecule has 0 aliphatic rings. The SMILES string of the molecule is CC(C)NCc1cc(S(=O)(=O)NCc2ncon2)c(Br)o1. The highest BCUT2D eigenvalue weighted by Gasteiger charge is 2.22. The highest BCUT2D eigenvalue weighted by atomic mass is 79.9. The van der Waals surface area contributed by atoms with Gasteiger partial charge in [0.05, 0.1) is 13.1 Å². The van der Waals surface area contributed by atoms with Crippen LogP contribution < -0.4 is 10.0 Å². The Hall–Kier alpha value is -1.23. The first kappa shape index (κ1) is 16.1. The first-order chi connectivity index (χ1) is 9.88. The summed E-state index contributed by atoms with van der Waals surface area (Å²) in [5, 5.41) is 6.68. The molecule has 116 valence electrons. The number of aromatic nitrogens is 2. The van der Waals surface area contributed by atoms with Gasteiger partial charge in [-0.1, -0.05) is 19.0 Å². The predicted molar refractivity (Wildman–Crippen MR) is 76.7 cm³/mol. The molecule has 10 heteroatoms. The van der Waals surface area contributed by atoms with E-state index in [0.717, 1.165) is 6.39 Å².